The van der Waals surface area contributed by atoms with Crippen LogP contribution in [0.1, 0.15) is 25.8 Å². The number of hydrogen-bond acceptors (Lipinski definition) is 2. The van der Waals surface area contributed by atoms with Crippen LogP contribution in [0, 0.1) is 0 Å². The van der Waals surface area contributed by atoms with Crippen LogP contribution in [0.4, 0.5) is 0 Å². The Morgan fingerprint density at radius 3 is 2.56 bits per heavy atom. The fraction of sp³-hybridized carbons (Fsp3) is 0.429. The van der Waals surface area contributed by atoms with Crippen LogP contribution in [0.3, 0.4) is 0 Å². The smallest absolute Gasteiger partial charge is 0.0836 e. The van der Waals surface area contributed by atoms with Gasteiger partial charge in [-0.2, -0.15) is 0 Å². The van der Waals surface area contributed by atoms with Gasteiger partial charge in [0, 0.05) is 0 Å². The van der Waals surface area contributed by atoms with E-state index in [9.17, 15) is 5.11 Å². The molecule has 88 valence electrons. The first-order valence-electron chi connectivity index (χ1n) is 5.57. The number of hydrogen-bond donors (Lipinski definition) is 1. The maximum absolute atomic E-state index is 9.78. The maximum atomic E-state index is 9.78. The van der Waals surface area contributed by atoms with Crippen LogP contribution in [0.25, 0.3) is 0 Å². The molecule has 0 aliphatic carbocycles. The minimum absolute atomic E-state index is 0.170. The zero-order valence-electron chi connectivity index (χ0n) is 10.0. The predicted octanol–water partition coefficient (Wildman–Crippen LogP) is 2.92. The number of rotatable bonds is 6. The van der Waals surface area contributed by atoms with Crippen LogP contribution < -0.4 is 0 Å². The molecule has 0 unspecified atom stereocenters. The Labute approximate surface area is 97.6 Å². The molecule has 16 heavy (non-hydrogen) atoms. The van der Waals surface area contributed by atoms with Crippen molar-refractivity contribution >= 4 is 0 Å². The van der Waals surface area contributed by atoms with Crippen molar-refractivity contribution in [2.75, 3.05) is 0 Å². The van der Waals surface area contributed by atoms with Gasteiger partial charge >= 0.3 is 0 Å². The number of aliphatic hydroxyl groups excluding tert-OH is 1. The molecule has 0 saturated carbocycles. The quantitative estimate of drug-likeness (QED) is 0.747. The standard InChI is InChI=1S/C14H20O2/c1-11(2)9-14(15)12(3)16-10-13-7-5-4-6-8-13/h4-8,12,14-15H,1,9-10H2,2-3H3/t12-,14+/m0/s1. The summed E-state index contributed by atoms with van der Waals surface area (Å²) in [6.07, 6.45) is -0.0474. The molecule has 0 amide bonds. The fourth-order valence-corrected chi connectivity index (χ4v) is 1.44. The van der Waals surface area contributed by atoms with Gasteiger partial charge in [-0.15, -0.1) is 6.58 Å². The van der Waals surface area contributed by atoms with Gasteiger partial charge in [-0.25, -0.2) is 0 Å². The molecule has 0 saturated heterocycles. The SMILES string of the molecule is C=C(C)C[C@@H](O)[C@H](C)OCc1ccccc1. The van der Waals surface area contributed by atoms with E-state index >= 15 is 0 Å². The summed E-state index contributed by atoms with van der Waals surface area (Å²) in [4.78, 5) is 0. The average molecular weight is 220 g/mol. The molecule has 0 spiro atoms. The third-order valence-corrected chi connectivity index (χ3v) is 2.46. The molecule has 0 aliphatic heterocycles. The molecular weight excluding hydrogens is 200 g/mol. The summed E-state index contributed by atoms with van der Waals surface area (Å²) in [5.74, 6) is 0. The van der Waals surface area contributed by atoms with Crippen LogP contribution in [-0.4, -0.2) is 17.3 Å². The second-order valence-corrected chi connectivity index (χ2v) is 4.23. The Kier molecular flexibility index (Phi) is 5.23. The van der Waals surface area contributed by atoms with Gasteiger partial charge in [-0.05, 0) is 25.8 Å². The highest BCUT2D eigenvalue weighted by atomic mass is 16.5. The zero-order chi connectivity index (χ0) is 12.0. The maximum Gasteiger partial charge on any atom is 0.0836 e. The van der Waals surface area contributed by atoms with E-state index in [0.717, 1.165) is 11.1 Å². The molecule has 2 nitrogen and oxygen atoms in total. The van der Waals surface area contributed by atoms with Gasteiger partial charge in [0.15, 0.2) is 0 Å². The summed E-state index contributed by atoms with van der Waals surface area (Å²) in [6, 6.07) is 9.96. The van der Waals surface area contributed by atoms with Gasteiger partial charge in [0.25, 0.3) is 0 Å². The van der Waals surface area contributed by atoms with Crippen molar-refractivity contribution in [2.45, 2.75) is 39.1 Å². The van der Waals surface area contributed by atoms with E-state index in [1.807, 2.05) is 44.2 Å². The minimum Gasteiger partial charge on any atom is -0.390 e. The Hall–Kier alpha value is -1.12. The highest BCUT2D eigenvalue weighted by molar-refractivity contribution is 5.13. The minimum atomic E-state index is -0.471. The van der Waals surface area contributed by atoms with Crippen molar-refractivity contribution < 1.29 is 9.84 Å². The molecule has 0 aromatic heterocycles. The fourth-order valence-electron chi connectivity index (χ4n) is 1.44. The third kappa shape index (κ3) is 4.60. The van der Waals surface area contributed by atoms with Crippen molar-refractivity contribution in [1.29, 1.82) is 0 Å². The Morgan fingerprint density at radius 1 is 1.38 bits per heavy atom. The summed E-state index contributed by atoms with van der Waals surface area (Å²) < 4.78 is 5.60. The van der Waals surface area contributed by atoms with Gasteiger partial charge in [-0.1, -0.05) is 35.9 Å². The molecule has 0 heterocycles. The topological polar surface area (TPSA) is 29.5 Å². The van der Waals surface area contributed by atoms with E-state index in [1.165, 1.54) is 0 Å². The molecule has 0 fully saturated rings. The summed E-state index contributed by atoms with van der Waals surface area (Å²) in [5.41, 5.74) is 2.10. The zero-order valence-corrected chi connectivity index (χ0v) is 10.0. The lowest BCUT2D eigenvalue weighted by molar-refractivity contribution is -0.0343. The Morgan fingerprint density at radius 2 is 2.00 bits per heavy atom. The molecule has 0 bridgehead atoms. The van der Waals surface area contributed by atoms with Gasteiger partial charge in [0.2, 0.25) is 0 Å². The largest absolute Gasteiger partial charge is 0.390 e. The van der Waals surface area contributed by atoms with Crippen molar-refractivity contribution in [3.8, 4) is 0 Å². The normalized spacial score (nSPS) is 14.4. The lowest BCUT2D eigenvalue weighted by atomic mass is 10.1. The Bertz CT molecular complexity index is 319. The molecule has 1 N–H and O–H groups in total. The molecular formula is C14H20O2. The first kappa shape index (κ1) is 12.9. The number of aliphatic hydroxyl groups is 1. The second kappa shape index (κ2) is 6.46. The monoisotopic (exact) mass is 220 g/mol. The number of ether oxygens (including phenoxy) is 1. The first-order valence-corrected chi connectivity index (χ1v) is 5.57. The van der Waals surface area contributed by atoms with E-state index in [-0.39, 0.29) is 6.10 Å². The van der Waals surface area contributed by atoms with E-state index in [4.69, 9.17) is 4.74 Å². The van der Waals surface area contributed by atoms with Gasteiger partial charge in [0.1, 0.15) is 0 Å². The summed E-state index contributed by atoms with van der Waals surface area (Å²) in [5, 5.41) is 9.78. The van der Waals surface area contributed by atoms with Crippen LogP contribution in [-0.2, 0) is 11.3 Å². The third-order valence-electron chi connectivity index (χ3n) is 2.46. The predicted molar refractivity (Wildman–Crippen MR) is 66.1 cm³/mol. The molecule has 0 radical (unpaired) electrons. The molecule has 1 aromatic rings. The van der Waals surface area contributed by atoms with Gasteiger partial charge in [0.05, 0.1) is 18.8 Å². The van der Waals surface area contributed by atoms with Crippen molar-refractivity contribution in [2.24, 2.45) is 0 Å². The molecule has 1 aromatic carbocycles. The van der Waals surface area contributed by atoms with Gasteiger partial charge in [-0.3, -0.25) is 0 Å². The van der Waals surface area contributed by atoms with E-state index in [2.05, 4.69) is 6.58 Å². The lowest BCUT2D eigenvalue weighted by Gasteiger charge is -2.19. The van der Waals surface area contributed by atoms with Crippen molar-refractivity contribution in [3.05, 3.63) is 48.0 Å². The highest BCUT2D eigenvalue weighted by Gasteiger charge is 2.14. The first-order chi connectivity index (χ1) is 7.59. The van der Waals surface area contributed by atoms with E-state index in [0.29, 0.717) is 13.0 Å². The number of benzene rings is 1. The van der Waals surface area contributed by atoms with E-state index < -0.39 is 6.10 Å². The van der Waals surface area contributed by atoms with Crippen molar-refractivity contribution in [3.63, 3.8) is 0 Å². The lowest BCUT2D eigenvalue weighted by Crippen LogP contribution is -2.26. The van der Waals surface area contributed by atoms with E-state index in [1.54, 1.807) is 0 Å². The Balaban J connectivity index is 2.35. The molecule has 2 atom stereocenters. The average Bonchev–Trinajstić information content (AvgIpc) is 2.26. The summed E-state index contributed by atoms with van der Waals surface area (Å²) in [7, 11) is 0. The summed E-state index contributed by atoms with van der Waals surface area (Å²) >= 11 is 0. The molecule has 1 rings (SSSR count). The second-order valence-electron chi connectivity index (χ2n) is 4.23. The highest BCUT2D eigenvalue weighted by Crippen LogP contribution is 2.11. The van der Waals surface area contributed by atoms with Crippen LogP contribution >= 0.6 is 0 Å². The van der Waals surface area contributed by atoms with Crippen LogP contribution in [0.2, 0.25) is 0 Å². The van der Waals surface area contributed by atoms with Crippen LogP contribution in [0.15, 0.2) is 42.5 Å². The van der Waals surface area contributed by atoms with Gasteiger partial charge < -0.3 is 9.84 Å². The summed E-state index contributed by atoms with van der Waals surface area (Å²) in [6.45, 7) is 8.11. The van der Waals surface area contributed by atoms with Crippen LogP contribution in [0.5, 0.6) is 0 Å². The van der Waals surface area contributed by atoms with Crippen molar-refractivity contribution in [1.82, 2.24) is 0 Å². The molecule has 0 aliphatic rings. The molecule has 2 heteroatoms.